The highest BCUT2D eigenvalue weighted by Crippen LogP contribution is 2.21. The Labute approximate surface area is 182 Å². The number of benzene rings is 3. The fraction of sp³-hybridized carbons (Fsp3) is 0.174. The van der Waals surface area contributed by atoms with Gasteiger partial charge in [-0.2, -0.15) is 0 Å². The molecule has 0 fully saturated rings. The number of halogens is 1. The van der Waals surface area contributed by atoms with Crippen molar-refractivity contribution in [1.29, 1.82) is 0 Å². The van der Waals surface area contributed by atoms with Crippen molar-refractivity contribution in [2.24, 2.45) is 0 Å². The van der Waals surface area contributed by atoms with Gasteiger partial charge in [0.05, 0.1) is 10.6 Å². The predicted molar refractivity (Wildman–Crippen MR) is 121 cm³/mol. The minimum absolute atomic E-state index is 0.187. The van der Waals surface area contributed by atoms with Crippen LogP contribution in [0, 0.1) is 6.92 Å². The Morgan fingerprint density at radius 2 is 1.67 bits per heavy atom. The highest BCUT2D eigenvalue weighted by atomic mass is 35.5. The Balaban J connectivity index is 1.56. The van der Waals surface area contributed by atoms with Crippen molar-refractivity contribution < 1.29 is 13.2 Å². The van der Waals surface area contributed by atoms with Crippen LogP contribution in [0.1, 0.15) is 27.9 Å². The topological polar surface area (TPSA) is 75.3 Å². The van der Waals surface area contributed by atoms with Crippen LogP contribution >= 0.6 is 11.6 Å². The number of anilines is 1. The average Bonchev–Trinajstić information content (AvgIpc) is 2.74. The summed E-state index contributed by atoms with van der Waals surface area (Å²) in [6, 6.07) is 20.7. The van der Waals surface area contributed by atoms with Crippen molar-refractivity contribution in [3.05, 3.63) is 94.5 Å². The number of hydrogen-bond donors (Lipinski definition) is 2. The van der Waals surface area contributed by atoms with E-state index in [-0.39, 0.29) is 10.8 Å². The molecule has 0 bridgehead atoms. The van der Waals surface area contributed by atoms with Crippen LogP contribution in [0.3, 0.4) is 0 Å². The maximum atomic E-state index is 12.5. The summed E-state index contributed by atoms with van der Waals surface area (Å²) in [5.41, 5.74) is 2.77. The highest BCUT2D eigenvalue weighted by molar-refractivity contribution is 7.92. The van der Waals surface area contributed by atoms with E-state index >= 15 is 0 Å². The molecule has 0 aromatic heterocycles. The largest absolute Gasteiger partial charge is 0.352 e. The van der Waals surface area contributed by atoms with Gasteiger partial charge in [-0.05, 0) is 73.4 Å². The van der Waals surface area contributed by atoms with Gasteiger partial charge in [0.25, 0.3) is 15.9 Å². The lowest BCUT2D eigenvalue weighted by atomic mass is 10.1. The molecule has 5 nitrogen and oxygen atoms in total. The third-order valence-electron chi connectivity index (χ3n) is 4.63. The minimum Gasteiger partial charge on any atom is -0.352 e. The van der Waals surface area contributed by atoms with Crippen LogP contribution < -0.4 is 10.0 Å². The minimum atomic E-state index is -3.67. The van der Waals surface area contributed by atoms with Crippen LogP contribution in [0.5, 0.6) is 0 Å². The smallest absolute Gasteiger partial charge is 0.261 e. The maximum Gasteiger partial charge on any atom is 0.261 e. The number of sulfonamides is 1. The van der Waals surface area contributed by atoms with Crippen LogP contribution in [0.2, 0.25) is 5.02 Å². The molecule has 0 aliphatic heterocycles. The van der Waals surface area contributed by atoms with Gasteiger partial charge in [-0.3, -0.25) is 9.52 Å². The number of nitrogens with one attached hydrogen (secondary N) is 2. The molecular formula is C23H23ClN2O3S. The van der Waals surface area contributed by atoms with Crippen LogP contribution in [0.15, 0.2) is 77.7 Å². The first-order valence-corrected chi connectivity index (χ1v) is 11.4. The fourth-order valence-electron chi connectivity index (χ4n) is 2.97. The fourth-order valence-corrected chi connectivity index (χ4v) is 4.25. The van der Waals surface area contributed by atoms with Crippen molar-refractivity contribution in [1.82, 2.24) is 5.32 Å². The Bertz CT molecular complexity index is 1110. The summed E-state index contributed by atoms with van der Waals surface area (Å²) in [6.45, 7) is 2.31. The number of rotatable bonds is 8. The van der Waals surface area contributed by atoms with Gasteiger partial charge >= 0.3 is 0 Å². The molecule has 1 amide bonds. The first-order chi connectivity index (χ1) is 14.3. The zero-order chi connectivity index (χ0) is 21.6. The summed E-state index contributed by atoms with van der Waals surface area (Å²) < 4.78 is 27.5. The molecule has 30 heavy (non-hydrogen) atoms. The van der Waals surface area contributed by atoms with E-state index in [0.717, 1.165) is 12.8 Å². The van der Waals surface area contributed by atoms with Crippen molar-refractivity contribution in [3.8, 4) is 0 Å². The lowest BCUT2D eigenvalue weighted by Gasteiger charge is -2.12. The van der Waals surface area contributed by atoms with Gasteiger partial charge < -0.3 is 5.32 Å². The van der Waals surface area contributed by atoms with Gasteiger partial charge in [0.2, 0.25) is 0 Å². The summed E-state index contributed by atoms with van der Waals surface area (Å²) in [7, 11) is -3.67. The van der Waals surface area contributed by atoms with Crippen LogP contribution in [-0.2, 0) is 16.4 Å². The van der Waals surface area contributed by atoms with Gasteiger partial charge in [0, 0.05) is 17.1 Å². The van der Waals surface area contributed by atoms with Crippen molar-refractivity contribution in [2.75, 3.05) is 11.3 Å². The summed E-state index contributed by atoms with van der Waals surface area (Å²) >= 11 is 5.88. The molecule has 0 heterocycles. The second kappa shape index (κ2) is 9.78. The van der Waals surface area contributed by atoms with E-state index in [2.05, 4.69) is 10.0 Å². The van der Waals surface area contributed by atoms with Crippen molar-refractivity contribution in [2.45, 2.75) is 24.7 Å². The monoisotopic (exact) mass is 442 g/mol. The number of carbonyl (C=O) groups excluding carboxylic acids is 1. The lowest BCUT2D eigenvalue weighted by Crippen LogP contribution is -2.25. The molecule has 0 unspecified atom stereocenters. The summed E-state index contributed by atoms with van der Waals surface area (Å²) in [4.78, 5) is 12.6. The van der Waals surface area contributed by atoms with E-state index in [0.29, 0.717) is 28.4 Å². The van der Waals surface area contributed by atoms with Gasteiger partial charge in [-0.25, -0.2) is 8.42 Å². The second-order valence-corrected chi connectivity index (χ2v) is 9.05. The zero-order valence-electron chi connectivity index (χ0n) is 16.6. The number of hydrogen-bond acceptors (Lipinski definition) is 3. The molecule has 0 saturated carbocycles. The normalized spacial score (nSPS) is 11.1. The molecular weight excluding hydrogens is 420 g/mol. The lowest BCUT2D eigenvalue weighted by molar-refractivity contribution is 0.0953. The van der Waals surface area contributed by atoms with Crippen molar-refractivity contribution in [3.63, 3.8) is 0 Å². The molecule has 0 atom stereocenters. The molecule has 3 aromatic carbocycles. The van der Waals surface area contributed by atoms with E-state index in [4.69, 9.17) is 11.6 Å². The molecule has 0 aliphatic carbocycles. The molecule has 7 heteroatoms. The van der Waals surface area contributed by atoms with Crippen LogP contribution in [0.4, 0.5) is 5.69 Å². The standard InChI is InChI=1S/C23H23ClN2O3S/c1-17-16-19(23(27)25-15-5-6-18-9-12-20(24)13-10-18)11-14-22(17)26-30(28,29)21-7-3-2-4-8-21/h2-4,7-14,16,26H,5-6,15H2,1H3,(H,25,27). The van der Waals surface area contributed by atoms with E-state index < -0.39 is 10.0 Å². The predicted octanol–water partition coefficient (Wildman–Crippen LogP) is 4.81. The van der Waals surface area contributed by atoms with Crippen LogP contribution in [-0.4, -0.2) is 20.9 Å². The van der Waals surface area contributed by atoms with Gasteiger partial charge in [0.15, 0.2) is 0 Å². The molecule has 0 saturated heterocycles. The molecule has 156 valence electrons. The number of carbonyl (C=O) groups is 1. The molecule has 0 radical (unpaired) electrons. The summed E-state index contributed by atoms with van der Waals surface area (Å²) in [5.74, 6) is -0.188. The van der Waals surface area contributed by atoms with Gasteiger partial charge in [-0.1, -0.05) is 41.9 Å². The number of amides is 1. The van der Waals surface area contributed by atoms with E-state index in [1.165, 1.54) is 17.7 Å². The molecule has 3 rings (SSSR count). The summed E-state index contributed by atoms with van der Waals surface area (Å²) in [5, 5.41) is 3.60. The molecule has 3 aromatic rings. The summed E-state index contributed by atoms with van der Waals surface area (Å²) in [6.07, 6.45) is 1.65. The quantitative estimate of drug-likeness (QED) is 0.491. The van der Waals surface area contributed by atoms with Crippen LogP contribution in [0.25, 0.3) is 0 Å². The number of aryl methyl sites for hydroxylation is 2. The molecule has 0 spiro atoms. The van der Waals surface area contributed by atoms with Gasteiger partial charge in [0.1, 0.15) is 0 Å². The maximum absolute atomic E-state index is 12.5. The first-order valence-electron chi connectivity index (χ1n) is 9.56. The Morgan fingerprint density at radius 1 is 0.967 bits per heavy atom. The van der Waals surface area contributed by atoms with E-state index in [1.807, 2.05) is 24.3 Å². The van der Waals surface area contributed by atoms with E-state index in [1.54, 1.807) is 43.3 Å². The average molecular weight is 443 g/mol. The van der Waals surface area contributed by atoms with Gasteiger partial charge in [-0.15, -0.1) is 0 Å². The SMILES string of the molecule is Cc1cc(C(=O)NCCCc2ccc(Cl)cc2)ccc1NS(=O)(=O)c1ccccc1. The highest BCUT2D eigenvalue weighted by Gasteiger charge is 2.15. The first kappa shape index (κ1) is 21.9. The Morgan fingerprint density at radius 3 is 2.33 bits per heavy atom. The second-order valence-electron chi connectivity index (χ2n) is 6.93. The Kier molecular flexibility index (Phi) is 7.13. The molecule has 2 N–H and O–H groups in total. The van der Waals surface area contributed by atoms with E-state index in [9.17, 15) is 13.2 Å². The van der Waals surface area contributed by atoms with Crippen molar-refractivity contribution >= 4 is 33.2 Å². The third-order valence-corrected chi connectivity index (χ3v) is 6.26. The third kappa shape index (κ3) is 5.84. The Hall–Kier alpha value is -2.83. The molecule has 0 aliphatic rings. The zero-order valence-corrected chi connectivity index (χ0v) is 18.1.